The first-order valence-corrected chi connectivity index (χ1v) is 8.82. The van der Waals surface area contributed by atoms with Crippen LogP contribution in [-0.2, 0) is 17.8 Å². The Morgan fingerprint density at radius 2 is 1.75 bits per heavy atom. The van der Waals surface area contributed by atoms with Gasteiger partial charge in [-0.25, -0.2) is 0 Å². The van der Waals surface area contributed by atoms with Gasteiger partial charge in [0.2, 0.25) is 0 Å². The maximum Gasteiger partial charge on any atom is 0.130 e. The van der Waals surface area contributed by atoms with E-state index < -0.39 is 0 Å². The first kappa shape index (κ1) is 18.4. The molecular formula is C22H29NO. The zero-order valence-electron chi connectivity index (χ0n) is 15.4. The molecule has 0 spiro atoms. The summed E-state index contributed by atoms with van der Waals surface area (Å²) in [6, 6.07) is 15.5. The Kier molecular flexibility index (Phi) is 6.74. The Morgan fingerprint density at radius 3 is 2.38 bits per heavy atom. The molecular weight excluding hydrogens is 294 g/mol. The molecule has 0 saturated heterocycles. The largest absolute Gasteiger partial charge is 0.316 e. The number of hydrogen-bond donors (Lipinski definition) is 1. The number of hydrogen-bond acceptors (Lipinski definition) is 2. The molecule has 2 heteroatoms. The molecule has 2 aromatic rings. The lowest BCUT2D eigenvalue weighted by Gasteiger charge is -2.13. The van der Waals surface area contributed by atoms with Crippen LogP contribution in [0.4, 0.5) is 0 Å². The van der Waals surface area contributed by atoms with Crippen molar-refractivity contribution in [2.45, 2.75) is 46.6 Å². The van der Waals surface area contributed by atoms with Gasteiger partial charge in [-0.1, -0.05) is 49.4 Å². The van der Waals surface area contributed by atoms with Crippen molar-refractivity contribution in [2.75, 3.05) is 7.05 Å². The fourth-order valence-electron chi connectivity index (χ4n) is 3.13. The first-order valence-electron chi connectivity index (χ1n) is 8.82. The van der Waals surface area contributed by atoms with Gasteiger partial charge in [0.1, 0.15) is 5.78 Å². The van der Waals surface area contributed by atoms with Crippen LogP contribution in [0, 0.1) is 12.8 Å². The highest BCUT2D eigenvalue weighted by Gasteiger charge is 2.08. The molecule has 128 valence electrons. The third-order valence-electron chi connectivity index (χ3n) is 4.56. The zero-order valence-corrected chi connectivity index (χ0v) is 15.4. The van der Waals surface area contributed by atoms with Gasteiger partial charge in [0, 0.05) is 13.0 Å². The molecule has 1 N–H and O–H groups in total. The number of carbonyl (C=O) groups is 1. The number of rotatable bonds is 8. The molecule has 2 rings (SSSR count). The SMILES string of the molecule is CNCc1ccc(-c2ccc(C)c(CC[C@H](C)CC(C)=O)c2)cc1. The van der Waals surface area contributed by atoms with E-state index in [2.05, 4.69) is 61.6 Å². The van der Waals surface area contributed by atoms with Crippen LogP contribution in [0.1, 0.15) is 43.4 Å². The lowest BCUT2D eigenvalue weighted by atomic mass is 9.92. The molecule has 24 heavy (non-hydrogen) atoms. The highest BCUT2D eigenvalue weighted by atomic mass is 16.1. The van der Waals surface area contributed by atoms with E-state index in [1.165, 1.54) is 27.8 Å². The molecule has 0 amide bonds. The summed E-state index contributed by atoms with van der Waals surface area (Å²) in [5, 5.41) is 3.18. The number of ketones is 1. The maximum absolute atomic E-state index is 11.2. The van der Waals surface area contributed by atoms with Gasteiger partial charge in [-0.2, -0.15) is 0 Å². The van der Waals surface area contributed by atoms with Crippen LogP contribution in [-0.4, -0.2) is 12.8 Å². The van der Waals surface area contributed by atoms with E-state index >= 15 is 0 Å². The summed E-state index contributed by atoms with van der Waals surface area (Å²) in [4.78, 5) is 11.2. The van der Waals surface area contributed by atoms with Crippen molar-refractivity contribution in [3.63, 3.8) is 0 Å². The van der Waals surface area contributed by atoms with E-state index in [9.17, 15) is 4.79 Å². The fraction of sp³-hybridized carbons (Fsp3) is 0.409. The van der Waals surface area contributed by atoms with Crippen LogP contribution < -0.4 is 5.32 Å². The lowest BCUT2D eigenvalue weighted by Crippen LogP contribution is -2.04. The minimum Gasteiger partial charge on any atom is -0.316 e. The molecule has 0 radical (unpaired) electrons. The second kappa shape index (κ2) is 8.79. The van der Waals surface area contributed by atoms with E-state index in [0.717, 1.165) is 19.4 Å². The van der Waals surface area contributed by atoms with Crippen molar-refractivity contribution < 1.29 is 4.79 Å². The highest BCUT2D eigenvalue weighted by molar-refractivity contribution is 5.75. The summed E-state index contributed by atoms with van der Waals surface area (Å²) < 4.78 is 0. The minimum atomic E-state index is 0.287. The Labute approximate surface area is 146 Å². The Morgan fingerprint density at radius 1 is 1.08 bits per heavy atom. The van der Waals surface area contributed by atoms with Gasteiger partial charge in [0.25, 0.3) is 0 Å². The van der Waals surface area contributed by atoms with Gasteiger partial charge in [-0.05, 0) is 67.5 Å². The maximum atomic E-state index is 11.2. The number of nitrogens with one attached hydrogen (secondary N) is 1. The van der Waals surface area contributed by atoms with Gasteiger partial charge in [0.05, 0.1) is 0 Å². The van der Waals surface area contributed by atoms with Gasteiger partial charge in [0.15, 0.2) is 0 Å². The smallest absolute Gasteiger partial charge is 0.130 e. The molecule has 0 aliphatic heterocycles. The van der Waals surface area contributed by atoms with Gasteiger partial charge in [-0.3, -0.25) is 0 Å². The van der Waals surface area contributed by atoms with E-state index in [1.54, 1.807) is 6.92 Å². The summed E-state index contributed by atoms with van der Waals surface area (Å²) in [5.41, 5.74) is 6.55. The summed E-state index contributed by atoms with van der Waals surface area (Å²) in [7, 11) is 1.97. The molecule has 0 fully saturated rings. The average molecular weight is 323 g/mol. The molecule has 2 aromatic carbocycles. The second-order valence-corrected chi connectivity index (χ2v) is 6.92. The summed E-state index contributed by atoms with van der Waals surface area (Å²) >= 11 is 0. The Hall–Kier alpha value is -1.93. The normalized spacial score (nSPS) is 12.2. The molecule has 1 atom stereocenters. The van der Waals surface area contributed by atoms with Crippen molar-refractivity contribution in [1.82, 2.24) is 5.32 Å². The minimum absolute atomic E-state index is 0.287. The summed E-state index contributed by atoms with van der Waals surface area (Å²) in [6.07, 6.45) is 2.78. The quantitative estimate of drug-likeness (QED) is 0.746. The predicted molar refractivity (Wildman–Crippen MR) is 102 cm³/mol. The van der Waals surface area contributed by atoms with Crippen LogP contribution in [0.3, 0.4) is 0 Å². The van der Waals surface area contributed by atoms with Crippen LogP contribution in [0.5, 0.6) is 0 Å². The number of aryl methyl sites for hydroxylation is 2. The molecule has 0 aromatic heterocycles. The third-order valence-corrected chi connectivity index (χ3v) is 4.56. The van der Waals surface area contributed by atoms with Crippen LogP contribution in [0.15, 0.2) is 42.5 Å². The standard InChI is InChI=1S/C22H29NO/c1-16(13-18(3)24)5-9-21-14-22(10-6-17(21)2)20-11-7-19(8-12-20)15-23-4/h6-8,10-12,14,16,23H,5,9,13,15H2,1-4H3/t16-/m0/s1. The van der Waals surface area contributed by atoms with Crippen LogP contribution >= 0.6 is 0 Å². The molecule has 0 saturated carbocycles. The van der Waals surface area contributed by atoms with Gasteiger partial charge < -0.3 is 10.1 Å². The molecule has 0 bridgehead atoms. The van der Waals surface area contributed by atoms with Gasteiger partial charge in [-0.15, -0.1) is 0 Å². The van der Waals surface area contributed by atoms with Crippen LogP contribution in [0.2, 0.25) is 0 Å². The van der Waals surface area contributed by atoms with Crippen LogP contribution in [0.25, 0.3) is 11.1 Å². The van der Waals surface area contributed by atoms with Crippen molar-refractivity contribution in [1.29, 1.82) is 0 Å². The van der Waals surface area contributed by atoms with E-state index in [4.69, 9.17) is 0 Å². The topological polar surface area (TPSA) is 29.1 Å². The number of Topliss-reactive ketones (excluding diaryl/α,β-unsaturated/α-hetero) is 1. The van der Waals surface area contributed by atoms with E-state index in [-0.39, 0.29) is 5.78 Å². The van der Waals surface area contributed by atoms with Crippen molar-refractivity contribution in [2.24, 2.45) is 5.92 Å². The van der Waals surface area contributed by atoms with Crippen molar-refractivity contribution in [3.05, 3.63) is 59.2 Å². The highest BCUT2D eigenvalue weighted by Crippen LogP contribution is 2.25. The van der Waals surface area contributed by atoms with E-state index in [1.807, 2.05) is 7.05 Å². The summed E-state index contributed by atoms with van der Waals surface area (Å²) in [5.74, 6) is 0.737. The molecule has 0 aliphatic rings. The Bertz CT molecular complexity index is 673. The molecule has 2 nitrogen and oxygen atoms in total. The van der Waals surface area contributed by atoms with Crippen molar-refractivity contribution in [3.8, 4) is 11.1 Å². The van der Waals surface area contributed by atoms with Gasteiger partial charge >= 0.3 is 0 Å². The number of carbonyl (C=O) groups excluding carboxylic acids is 1. The predicted octanol–water partition coefficient (Wildman–Crippen LogP) is 4.93. The third kappa shape index (κ3) is 5.31. The number of benzene rings is 2. The van der Waals surface area contributed by atoms with E-state index in [0.29, 0.717) is 12.3 Å². The molecule has 0 heterocycles. The zero-order chi connectivity index (χ0) is 17.5. The first-order chi connectivity index (χ1) is 11.5. The molecule has 0 aliphatic carbocycles. The Balaban J connectivity index is 2.11. The molecule has 0 unspecified atom stereocenters. The second-order valence-electron chi connectivity index (χ2n) is 6.92. The van der Waals surface area contributed by atoms with Crippen molar-refractivity contribution >= 4 is 5.78 Å². The lowest BCUT2D eigenvalue weighted by molar-refractivity contribution is -0.117. The summed E-state index contributed by atoms with van der Waals surface area (Å²) in [6.45, 7) is 6.92. The fourth-order valence-corrected chi connectivity index (χ4v) is 3.13. The average Bonchev–Trinajstić information content (AvgIpc) is 2.54. The monoisotopic (exact) mass is 323 g/mol.